The van der Waals surface area contributed by atoms with Gasteiger partial charge in [0, 0.05) is 4.88 Å². The lowest BCUT2D eigenvalue weighted by Gasteiger charge is -2.22. The van der Waals surface area contributed by atoms with Gasteiger partial charge >= 0.3 is 6.18 Å². The van der Waals surface area contributed by atoms with E-state index in [1.807, 2.05) is 6.92 Å². The van der Waals surface area contributed by atoms with Crippen LogP contribution >= 0.6 is 22.9 Å². The molecule has 0 saturated heterocycles. The molecule has 1 nitrogen and oxygen atoms in total. The van der Waals surface area contributed by atoms with Crippen LogP contribution in [0.15, 0.2) is 36.4 Å². The van der Waals surface area contributed by atoms with Gasteiger partial charge in [-0.2, -0.15) is 13.2 Å². The molecule has 1 N–H and O–H groups in total. The third-order valence-corrected chi connectivity index (χ3v) is 4.35. The van der Waals surface area contributed by atoms with Crippen LogP contribution in [0, 0.1) is 0 Å². The zero-order chi connectivity index (χ0) is 15.5. The Morgan fingerprint density at radius 1 is 1.19 bits per heavy atom. The van der Waals surface area contributed by atoms with Crippen LogP contribution in [-0.2, 0) is 6.18 Å². The van der Waals surface area contributed by atoms with Crippen LogP contribution in [-0.4, -0.2) is 6.54 Å². The maximum absolute atomic E-state index is 13.2. The van der Waals surface area contributed by atoms with E-state index in [4.69, 9.17) is 11.6 Å². The SMILES string of the molecule is CCCNC(c1ccc(Cl)s1)c1ccccc1C(F)(F)F. The van der Waals surface area contributed by atoms with Crippen molar-refractivity contribution in [3.8, 4) is 0 Å². The monoisotopic (exact) mass is 333 g/mol. The van der Waals surface area contributed by atoms with Gasteiger partial charge in [-0.25, -0.2) is 0 Å². The second-order valence-corrected chi connectivity index (χ2v) is 6.36. The molecule has 6 heteroatoms. The number of alkyl halides is 3. The molecular formula is C15H15ClF3NS. The number of halogens is 4. The van der Waals surface area contributed by atoms with Gasteiger partial charge in [-0.15, -0.1) is 11.3 Å². The molecule has 0 amide bonds. The van der Waals surface area contributed by atoms with Gasteiger partial charge in [0.1, 0.15) is 0 Å². The maximum Gasteiger partial charge on any atom is 0.416 e. The molecule has 1 aromatic heterocycles. The summed E-state index contributed by atoms with van der Waals surface area (Å²) in [5.41, 5.74) is -0.375. The predicted octanol–water partition coefficient (Wildman–Crippen LogP) is 5.51. The first-order valence-corrected chi connectivity index (χ1v) is 7.77. The molecule has 0 aliphatic rings. The summed E-state index contributed by atoms with van der Waals surface area (Å²) < 4.78 is 40.2. The molecule has 1 heterocycles. The first-order chi connectivity index (χ1) is 9.93. The van der Waals surface area contributed by atoms with E-state index in [0.717, 1.165) is 17.4 Å². The van der Waals surface area contributed by atoms with Crippen LogP contribution in [0.25, 0.3) is 0 Å². The minimum atomic E-state index is -4.37. The Kier molecular flexibility index (Phi) is 5.30. The van der Waals surface area contributed by atoms with Gasteiger partial charge < -0.3 is 5.32 Å². The largest absolute Gasteiger partial charge is 0.416 e. The van der Waals surface area contributed by atoms with Crippen molar-refractivity contribution in [1.29, 1.82) is 0 Å². The molecule has 0 aliphatic heterocycles. The second kappa shape index (κ2) is 6.81. The fraction of sp³-hybridized carbons (Fsp3) is 0.333. The van der Waals surface area contributed by atoms with E-state index < -0.39 is 17.8 Å². The lowest BCUT2D eigenvalue weighted by atomic mass is 9.98. The van der Waals surface area contributed by atoms with Crippen molar-refractivity contribution in [2.75, 3.05) is 6.54 Å². The van der Waals surface area contributed by atoms with E-state index in [9.17, 15) is 13.2 Å². The average molecular weight is 334 g/mol. The highest BCUT2D eigenvalue weighted by molar-refractivity contribution is 7.16. The fourth-order valence-electron chi connectivity index (χ4n) is 2.14. The van der Waals surface area contributed by atoms with E-state index in [2.05, 4.69) is 5.32 Å². The summed E-state index contributed by atoms with van der Waals surface area (Å²) in [5, 5.41) is 3.18. The first-order valence-electron chi connectivity index (χ1n) is 6.58. The first kappa shape index (κ1) is 16.3. The van der Waals surface area contributed by atoms with Crippen LogP contribution in [0.4, 0.5) is 13.2 Å². The third kappa shape index (κ3) is 3.99. The maximum atomic E-state index is 13.2. The zero-order valence-corrected chi connectivity index (χ0v) is 12.9. The van der Waals surface area contributed by atoms with Crippen molar-refractivity contribution >= 4 is 22.9 Å². The van der Waals surface area contributed by atoms with Gasteiger partial charge in [-0.1, -0.05) is 36.7 Å². The molecule has 0 bridgehead atoms. The number of nitrogens with one attached hydrogen (secondary N) is 1. The van der Waals surface area contributed by atoms with Crippen molar-refractivity contribution in [2.24, 2.45) is 0 Å². The third-order valence-electron chi connectivity index (χ3n) is 3.05. The Bertz CT molecular complexity index is 595. The summed E-state index contributed by atoms with van der Waals surface area (Å²) in [6.07, 6.45) is -3.53. The van der Waals surface area contributed by atoms with Crippen LogP contribution in [0.2, 0.25) is 4.34 Å². The Labute approximate surface area is 130 Å². The summed E-state index contributed by atoms with van der Waals surface area (Å²) in [6, 6.07) is 8.64. The van der Waals surface area contributed by atoms with E-state index in [1.165, 1.54) is 23.5 Å². The summed E-state index contributed by atoms with van der Waals surface area (Å²) in [5.74, 6) is 0. The summed E-state index contributed by atoms with van der Waals surface area (Å²) in [6.45, 7) is 2.60. The summed E-state index contributed by atoms with van der Waals surface area (Å²) in [7, 11) is 0. The zero-order valence-electron chi connectivity index (χ0n) is 11.4. The van der Waals surface area contributed by atoms with Gasteiger partial charge in [-0.05, 0) is 36.7 Å². The quantitative estimate of drug-likeness (QED) is 0.760. The molecule has 0 spiro atoms. The number of thiophene rings is 1. The van der Waals surface area contributed by atoms with Crippen molar-refractivity contribution in [3.05, 3.63) is 56.7 Å². The summed E-state index contributed by atoms with van der Waals surface area (Å²) in [4.78, 5) is 0.783. The molecule has 2 aromatic rings. The Morgan fingerprint density at radius 3 is 2.48 bits per heavy atom. The Balaban J connectivity index is 2.46. The molecule has 0 fully saturated rings. The molecular weight excluding hydrogens is 319 g/mol. The highest BCUT2D eigenvalue weighted by Gasteiger charge is 2.35. The molecule has 1 unspecified atom stereocenters. The standard InChI is InChI=1S/C15H15ClF3NS/c1-2-9-20-14(12-7-8-13(16)21-12)10-5-3-4-6-11(10)15(17,18)19/h3-8,14,20H,2,9H2,1H3. The average Bonchev–Trinajstić information content (AvgIpc) is 2.85. The molecule has 114 valence electrons. The number of rotatable bonds is 5. The number of benzene rings is 1. The van der Waals surface area contributed by atoms with Crippen LogP contribution in [0.1, 0.15) is 35.4 Å². The van der Waals surface area contributed by atoms with E-state index in [0.29, 0.717) is 10.9 Å². The second-order valence-electron chi connectivity index (χ2n) is 4.61. The molecule has 1 atom stereocenters. The Hall–Kier alpha value is -1.04. The highest BCUT2D eigenvalue weighted by atomic mass is 35.5. The van der Waals surface area contributed by atoms with Gasteiger partial charge in [0.15, 0.2) is 0 Å². The lowest BCUT2D eigenvalue weighted by molar-refractivity contribution is -0.138. The smallest absolute Gasteiger partial charge is 0.306 e. The topological polar surface area (TPSA) is 12.0 Å². The normalized spacial score (nSPS) is 13.4. The minimum Gasteiger partial charge on any atom is -0.306 e. The molecule has 21 heavy (non-hydrogen) atoms. The fourth-order valence-corrected chi connectivity index (χ4v) is 3.30. The van der Waals surface area contributed by atoms with E-state index in [-0.39, 0.29) is 5.56 Å². The van der Waals surface area contributed by atoms with Gasteiger partial charge in [0.05, 0.1) is 15.9 Å². The van der Waals surface area contributed by atoms with E-state index >= 15 is 0 Å². The molecule has 0 saturated carbocycles. The molecule has 0 radical (unpaired) electrons. The van der Waals surface area contributed by atoms with Crippen LogP contribution < -0.4 is 5.32 Å². The molecule has 1 aromatic carbocycles. The van der Waals surface area contributed by atoms with Gasteiger partial charge in [-0.3, -0.25) is 0 Å². The van der Waals surface area contributed by atoms with Crippen molar-refractivity contribution < 1.29 is 13.2 Å². The molecule has 0 aliphatic carbocycles. The van der Waals surface area contributed by atoms with Crippen LogP contribution in [0.3, 0.4) is 0 Å². The summed E-state index contributed by atoms with van der Waals surface area (Å²) >= 11 is 7.22. The Morgan fingerprint density at radius 2 is 1.90 bits per heavy atom. The minimum absolute atomic E-state index is 0.233. The highest BCUT2D eigenvalue weighted by Crippen LogP contribution is 2.38. The van der Waals surface area contributed by atoms with Gasteiger partial charge in [0.2, 0.25) is 0 Å². The van der Waals surface area contributed by atoms with Crippen molar-refractivity contribution in [2.45, 2.75) is 25.6 Å². The predicted molar refractivity (Wildman–Crippen MR) is 80.9 cm³/mol. The van der Waals surface area contributed by atoms with Gasteiger partial charge in [0.25, 0.3) is 0 Å². The lowest BCUT2D eigenvalue weighted by Crippen LogP contribution is -2.25. The number of hydrogen-bond acceptors (Lipinski definition) is 2. The van der Waals surface area contributed by atoms with Crippen molar-refractivity contribution in [1.82, 2.24) is 5.32 Å². The van der Waals surface area contributed by atoms with E-state index in [1.54, 1.807) is 18.2 Å². The van der Waals surface area contributed by atoms with Crippen LogP contribution in [0.5, 0.6) is 0 Å². The molecule has 2 rings (SSSR count). The number of hydrogen-bond donors (Lipinski definition) is 1. The van der Waals surface area contributed by atoms with Crippen molar-refractivity contribution in [3.63, 3.8) is 0 Å².